The highest BCUT2D eigenvalue weighted by molar-refractivity contribution is 5.51. The van der Waals surface area contributed by atoms with Gasteiger partial charge in [-0.3, -0.25) is 10.1 Å². The largest absolute Gasteiger partial charge is 0.274 e. The lowest BCUT2D eigenvalue weighted by atomic mass is 9.82. The van der Waals surface area contributed by atoms with Crippen molar-refractivity contribution in [2.24, 2.45) is 0 Å². The molecule has 78 valence electrons. The molecule has 0 unspecified atom stereocenters. The molecule has 0 bridgehead atoms. The molecule has 0 heterocycles. The normalized spacial score (nSPS) is 10.8. The van der Waals surface area contributed by atoms with E-state index in [4.69, 9.17) is 5.26 Å². The zero-order valence-electron chi connectivity index (χ0n) is 8.94. The number of nitro groups is 1. The second kappa shape index (κ2) is 3.70. The first-order chi connectivity index (χ1) is 6.90. The first kappa shape index (κ1) is 11.2. The fraction of sp³-hybridized carbons (Fsp3) is 0.364. The van der Waals surface area contributed by atoms with Gasteiger partial charge in [0.2, 0.25) is 0 Å². The lowest BCUT2D eigenvalue weighted by Gasteiger charge is -2.18. The molecule has 0 N–H and O–H groups in total. The van der Waals surface area contributed by atoms with Crippen LogP contribution in [0, 0.1) is 28.4 Å². The van der Waals surface area contributed by atoms with Gasteiger partial charge in [-0.1, -0.05) is 12.1 Å². The average Bonchev–Trinajstić information content (AvgIpc) is 2.17. The molecule has 0 saturated heterocycles. The summed E-state index contributed by atoms with van der Waals surface area (Å²) in [5.41, 5.74) is 0.447. The standard InChI is InChI=1S/C11H12N2O2/c1-8-5-4-6-9(13(14)15)10(8)11(2,3)7-12/h4-6H,1-3H3. The van der Waals surface area contributed by atoms with Gasteiger partial charge in [0.25, 0.3) is 5.69 Å². The fourth-order valence-corrected chi connectivity index (χ4v) is 1.67. The van der Waals surface area contributed by atoms with Crippen molar-refractivity contribution in [1.29, 1.82) is 5.26 Å². The van der Waals surface area contributed by atoms with Crippen molar-refractivity contribution in [2.45, 2.75) is 26.2 Å². The van der Waals surface area contributed by atoms with Crippen molar-refractivity contribution in [2.75, 3.05) is 0 Å². The van der Waals surface area contributed by atoms with Gasteiger partial charge in [0.15, 0.2) is 0 Å². The van der Waals surface area contributed by atoms with E-state index in [2.05, 4.69) is 6.07 Å². The summed E-state index contributed by atoms with van der Waals surface area (Å²) in [7, 11) is 0. The van der Waals surface area contributed by atoms with Gasteiger partial charge in [-0.05, 0) is 26.3 Å². The Morgan fingerprint density at radius 2 is 2.07 bits per heavy atom. The van der Waals surface area contributed by atoms with Gasteiger partial charge in [-0.15, -0.1) is 0 Å². The van der Waals surface area contributed by atoms with Crippen LogP contribution in [0.5, 0.6) is 0 Å². The van der Waals surface area contributed by atoms with Crippen molar-refractivity contribution in [1.82, 2.24) is 0 Å². The Morgan fingerprint density at radius 1 is 1.47 bits per heavy atom. The molecule has 4 heteroatoms. The van der Waals surface area contributed by atoms with Gasteiger partial charge in [-0.25, -0.2) is 0 Å². The van der Waals surface area contributed by atoms with Crippen LogP contribution in [0.4, 0.5) is 5.69 Å². The second-order valence-electron chi connectivity index (χ2n) is 3.96. The first-order valence-electron chi connectivity index (χ1n) is 4.56. The van der Waals surface area contributed by atoms with Gasteiger partial charge < -0.3 is 0 Å². The van der Waals surface area contributed by atoms with Crippen molar-refractivity contribution in [3.63, 3.8) is 0 Å². The van der Waals surface area contributed by atoms with Crippen molar-refractivity contribution < 1.29 is 4.92 Å². The Kier molecular flexibility index (Phi) is 2.76. The van der Waals surface area contributed by atoms with Crippen LogP contribution < -0.4 is 0 Å². The SMILES string of the molecule is Cc1cccc([N+](=O)[O-])c1C(C)(C)C#N. The first-order valence-corrected chi connectivity index (χ1v) is 4.56. The lowest BCUT2D eigenvalue weighted by molar-refractivity contribution is -0.385. The molecule has 0 aliphatic rings. The number of hydrogen-bond acceptors (Lipinski definition) is 3. The number of hydrogen-bond donors (Lipinski definition) is 0. The molecular formula is C11H12N2O2. The van der Waals surface area contributed by atoms with Gasteiger partial charge >= 0.3 is 0 Å². The zero-order valence-corrected chi connectivity index (χ0v) is 8.94. The second-order valence-corrected chi connectivity index (χ2v) is 3.96. The van der Waals surface area contributed by atoms with Crippen LogP contribution in [0.15, 0.2) is 18.2 Å². The molecule has 0 aromatic heterocycles. The highest BCUT2D eigenvalue weighted by Crippen LogP contribution is 2.33. The maximum absolute atomic E-state index is 10.8. The lowest BCUT2D eigenvalue weighted by Crippen LogP contribution is -2.17. The topological polar surface area (TPSA) is 66.9 Å². The molecule has 0 spiro atoms. The minimum Gasteiger partial charge on any atom is -0.258 e. The molecule has 1 aromatic carbocycles. The predicted octanol–water partition coefficient (Wildman–Crippen LogP) is 2.70. The smallest absolute Gasteiger partial charge is 0.258 e. The summed E-state index contributed by atoms with van der Waals surface area (Å²) in [6.07, 6.45) is 0. The van der Waals surface area contributed by atoms with Crippen LogP contribution in [0.3, 0.4) is 0 Å². The highest BCUT2D eigenvalue weighted by atomic mass is 16.6. The van der Waals surface area contributed by atoms with E-state index < -0.39 is 10.3 Å². The maximum atomic E-state index is 10.8. The third kappa shape index (κ3) is 1.96. The summed E-state index contributed by atoms with van der Waals surface area (Å²) in [6.45, 7) is 5.14. The predicted molar refractivity (Wildman–Crippen MR) is 56.5 cm³/mol. The maximum Gasteiger partial charge on any atom is 0.274 e. The van der Waals surface area contributed by atoms with Gasteiger partial charge in [0, 0.05) is 6.07 Å². The number of nitriles is 1. The third-order valence-electron chi connectivity index (χ3n) is 2.35. The number of aryl methyl sites for hydroxylation is 1. The summed E-state index contributed by atoms with van der Waals surface area (Å²) in [5, 5.41) is 19.8. The molecule has 0 radical (unpaired) electrons. The van der Waals surface area contributed by atoms with E-state index in [9.17, 15) is 10.1 Å². The summed E-state index contributed by atoms with van der Waals surface area (Å²) >= 11 is 0. The molecule has 15 heavy (non-hydrogen) atoms. The van der Waals surface area contributed by atoms with Crippen LogP contribution in [0.25, 0.3) is 0 Å². The van der Waals surface area contributed by atoms with E-state index in [1.807, 2.05) is 0 Å². The van der Waals surface area contributed by atoms with E-state index in [0.717, 1.165) is 5.56 Å². The third-order valence-corrected chi connectivity index (χ3v) is 2.35. The Bertz CT molecular complexity index is 444. The number of nitrogens with zero attached hydrogens (tertiary/aromatic N) is 2. The molecule has 0 fully saturated rings. The molecule has 0 aliphatic heterocycles. The van der Waals surface area contributed by atoms with Gasteiger partial charge in [0.1, 0.15) is 0 Å². The number of benzene rings is 1. The van der Waals surface area contributed by atoms with Gasteiger partial charge in [0.05, 0.1) is 22.0 Å². The average molecular weight is 204 g/mol. The van der Waals surface area contributed by atoms with E-state index in [1.54, 1.807) is 32.9 Å². The molecule has 0 atom stereocenters. The Morgan fingerprint density at radius 3 is 2.53 bits per heavy atom. The quantitative estimate of drug-likeness (QED) is 0.549. The monoisotopic (exact) mass is 204 g/mol. The zero-order chi connectivity index (χ0) is 11.6. The number of rotatable bonds is 2. The molecular weight excluding hydrogens is 192 g/mol. The Balaban J connectivity index is 3.53. The summed E-state index contributed by atoms with van der Waals surface area (Å²) in [6, 6.07) is 6.93. The summed E-state index contributed by atoms with van der Waals surface area (Å²) in [5.74, 6) is 0. The van der Waals surface area contributed by atoms with Crippen LogP contribution in [0.1, 0.15) is 25.0 Å². The minimum atomic E-state index is -0.840. The van der Waals surface area contributed by atoms with Gasteiger partial charge in [-0.2, -0.15) is 5.26 Å². The van der Waals surface area contributed by atoms with Crippen molar-refractivity contribution >= 4 is 5.69 Å². The van der Waals surface area contributed by atoms with Crippen LogP contribution in [-0.4, -0.2) is 4.92 Å². The van der Waals surface area contributed by atoms with Crippen LogP contribution >= 0.6 is 0 Å². The molecule has 0 saturated carbocycles. The van der Waals surface area contributed by atoms with E-state index in [1.165, 1.54) is 6.07 Å². The van der Waals surface area contributed by atoms with Crippen LogP contribution in [0.2, 0.25) is 0 Å². The number of nitro benzene ring substituents is 1. The Hall–Kier alpha value is -1.89. The Labute approximate surface area is 88.3 Å². The molecule has 1 rings (SSSR count). The molecule has 1 aromatic rings. The van der Waals surface area contributed by atoms with Crippen LogP contribution in [-0.2, 0) is 5.41 Å². The minimum absolute atomic E-state index is 0.0153. The molecule has 0 aliphatic carbocycles. The van der Waals surface area contributed by atoms with E-state index in [-0.39, 0.29) is 5.69 Å². The molecule has 0 amide bonds. The van der Waals surface area contributed by atoms with E-state index >= 15 is 0 Å². The summed E-state index contributed by atoms with van der Waals surface area (Å²) < 4.78 is 0. The summed E-state index contributed by atoms with van der Waals surface area (Å²) in [4.78, 5) is 10.4. The van der Waals surface area contributed by atoms with Crippen molar-refractivity contribution in [3.8, 4) is 6.07 Å². The molecule has 4 nitrogen and oxygen atoms in total. The van der Waals surface area contributed by atoms with E-state index in [0.29, 0.717) is 5.56 Å². The van der Waals surface area contributed by atoms with Crippen molar-refractivity contribution in [3.05, 3.63) is 39.4 Å². The highest BCUT2D eigenvalue weighted by Gasteiger charge is 2.30. The fourth-order valence-electron chi connectivity index (χ4n) is 1.67.